The first-order valence-corrected chi connectivity index (χ1v) is 12.2. The fourth-order valence-corrected chi connectivity index (χ4v) is 4.58. The number of carboxylic acids is 1. The zero-order valence-corrected chi connectivity index (χ0v) is 20.6. The van der Waals surface area contributed by atoms with Crippen LogP contribution >= 0.6 is 0 Å². The van der Waals surface area contributed by atoms with Gasteiger partial charge < -0.3 is 14.6 Å². The maximum atomic E-state index is 13.4. The molecule has 2 aromatic carbocycles. The number of ether oxygens (including phenoxy) is 2. The van der Waals surface area contributed by atoms with Crippen LogP contribution in [-0.2, 0) is 11.2 Å². The summed E-state index contributed by atoms with van der Waals surface area (Å²) in [4.78, 5) is 29.6. The predicted octanol–water partition coefficient (Wildman–Crippen LogP) is 4.92. The molecule has 1 aromatic heterocycles. The zero-order valence-electron chi connectivity index (χ0n) is 20.6. The number of carbonyl (C=O) groups is 1. The van der Waals surface area contributed by atoms with Gasteiger partial charge in [-0.2, -0.15) is 9.78 Å². The van der Waals surface area contributed by atoms with Crippen molar-refractivity contribution in [2.24, 2.45) is 5.10 Å². The summed E-state index contributed by atoms with van der Waals surface area (Å²) in [5.74, 6) is 0.499. The molecule has 1 aliphatic carbocycles. The van der Waals surface area contributed by atoms with Gasteiger partial charge in [0.15, 0.2) is 17.6 Å². The molecule has 1 heterocycles. The molecule has 188 valence electrons. The van der Waals surface area contributed by atoms with Crippen LogP contribution in [0, 0.1) is 0 Å². The Morgan fingerprint density at radius 3 is 2.72 bits per heavy atom. The van der Waals surface area contributed by atoms with E-state index in [0.717, 1.165) is 25.7 Å². The van der Waals surface area contributed by atoms with Crippen LogP contribution in [-0.4, -0.2) is 40.2 Å². The zero-order chi connectivity index (χ0) is 25.7. The average Bonchev–Trinajstić information content (AvgIpc) is 2.89. The Morgan fingerprint density at radius 2 is 2.03 bits per heavy atom. The first kappa shape index (κ1) is 25.2. The highest BCUT2D eigenvalue weighted by atomic mass is 16.5. The van der Waals surface area contributed by atoms with E-state index >= 15 is 0 Å². The largest absolute Gasteiger partial charge is 0.493 e. The second kappa shape index (κ2) is 11.2. The fourth-order valence-electron chi connectivity index (χ4n) is 4.58. The molecule has 0 saturated heterocycles. The Kier molecular flexibility index (Phi) is 7.83. The molecule has 1 atom stereocenters. The van der Waals surface area contributed by atoms with Crippen molar-refractivity contribution in [1.29, 1.82) is 0 Å². The minimum absolute atomic E-state index is 0.173. The van der Waals surface area contributed by atoms with Gasteiger partial charge in [-0.25, -0.2) is 9.78 Å². The number of hydrogen-bond donors (Lipinski definition) is 1. The second-order valence-electron chi connectivity index (χ2n) is 8.99. The molecule has 36 heavy (non-hydrogen) atoms. The molecule has 4 rings (SSSR count). The summed E-state index contributed by atoms with van der Waals surface area (Å²) in [7, 11) is 1.49. The molecule has 1 fully saturated rings. The highest BCUT2D eigenvalue weighted by Crippen LogP contribution is 2.35. The lowest BCUT2D eigenvalue weighted by molar-refractivity contribution is -0.144. The van der Waals surface area contributed by atoms with Crippen molar-refractivity contribution in [3.8, 4) is 11.5 Å². The third-order valence-electron chi connectivity index (χ3n) is 6.45. The van der Waals surface area contributed by atoms with Gasteiger partial charge in [-0.05, 0) is 56.0 Å². The van der Waals surface area contributed by atoms with Crippen molar-refractivity contribution in [3.63, 3.8) is 0 Å². The quantitative estimate of drug-likeness (QED) is 0.338. The fraction of sp³-hybridized carbons (Fsp3) is 0.357. The predicted molar refractivity (Wildman–Crippen MR) is 139 cm³/mol. The molecule has 8 heteroatoms. The second-order valence-corrected chi connectivity index (χ2v) is 8.99. The van der Waals surface area contributed by atoms with Gasteiger partial charge in [0.25, 0.3) is 5.56 Å². The molecular formula is C28H31N3O5. The van der Waals surface area contributed by atoms with E-state index in [9.17, 15) is 14.7 Å². The molecule has 0 amide bonds. The van der Waals surface area contributed by atoms with Gasteiger partial charge in [0.2, 0.25) is 0 Å². The Hall–Kier alpha value is -3.94. The number of nitrogens with zero attached hydrogens (tertiary/aromatic N) is 3. The van der Waals surface area contributed by atoms with E-state index in [1.807, 2.05) is 24.3 Å². The van der Waals surface area contributed by atoms with Gasteiger partial charge in [-0.15, -0.1) is 6.58 Å². The average molecular weight is 490 g/mol. The van der Waals surface area contributed by atoms with Gasteiger partial charge in [0.1, 0.15) is 5.82 Å². The number of hydrogen-bond acceptors (Lipinski definition) is 6. The van der Waals surface area contributed by atoms with E-state index in [0.29, 0.717) is 45.8 Å². The van der Waals surface area contributed by atoms with Crippen LogP contribution in [0.1, 0.15) is 61.9 Å². The molecule has 0 unspecified atom stereocenters. The summed E-state index contributed by atoms with van der Waals surface area (Å²) in [6.45, 7) is 5.25. The molecule has 1 saturated carbocycles. The summed E-state index contributed by atoms with van der Waals surface area (Å²) in [5, 5.41) is 14.4. The van der Waals surface area contributed by atoms with E-state index in [2.05, 4.69) is 11.7 Å². The van der Waals surface area contributed by atoms with Crippen molar-refractivity contribution in [1.82, 2.24) is 9.66 Å². The Morgan fingerprint density at radius 1 is 1.28 bits per heavy atom. The number of aromatic nitrogens is 2. The van der Waals surface area contributed by atoms with Crippen molar-refractivity contribution >= 4 is 23.1 Å². The molecule has 1 aliphatic rings. The van der Waals surface area contributed by atoms with Gasteiger partial charge in [-0.3, -0.25) is 4.79 Å². The summed E-state index contributed by atoms with van der Waals surface area (Å²) in [5.41, 5.74) is 1.86. The normalized spacial score (nSPS) is 15.2. The number of benzene rings is 2. The van der Waals surface area contributed by atoms with Crippen LogP contribution in [0.2, 0.25) is 0 Å². The van der Waals surface area contributed by atoms with Crippen LogP contribution < -0.4 is 15.0 Å². The summed E-state index contributed by atoms with van der Waals surface area (Å²) in [6.07, 6.45) is 8.04. The molecular weight excluding hydrogens is 458 g/mol. The SMILES string of the molecule is C=CCc1cc(C=Nn2c(C3CCCCC3)nc3ccccc3c2=O)cc(OC)c1O[C@H](C)C(=O)O. The lowest BCUT2D eigenvalue weighted by Gasteiger charge is -2.22. The molecule has 8 nitrogen and oxygen atoms in total. The summed E-state index contributed by atoms with van der Waals surface area (Å²) >= 11 is 0. The molecule has 1 N–H and O–H groups in total. The number of methoxy groups -OCH3 is 1. The third kappa shape index (κ3) is 5.32. The number of carboxylic acid groups (broad SMARTS) is 1. The molecule has 3 aromatic rings. The minimum atomic E-state index is -1.08. The Labute approximate surface area is 209 Å². The number of para-hydroxylation sites is 1. The van der Waals surface area contributed by atoms with Crippen molar-refractivity contribution < 1.29 is 19.4 Å². The van der Waals surface area contributed by atoms with Crippen molar-refractivity contribution in [2.75, 3.05) is 7.11 Å². The van der Waals surface area contributed by atoms with Crippen LogP contribution in [0.3, 0.4) is 0 Å². The molecule has 0 bridgehead atoms. The monoisotopic (exact) mass is 489 g/mol. The van der Waals surface area contributed by atoms with Crippen LogP contribution in [0.15, 0.2) is 58.9 Å². The van der Waals surface area contributed by atoms with E-state index in [4.69, 9.17) is 14.5 Å². The smallest absolute Gasteiger partial charge is 0.344 e. The third-order valence-corrected chi connectivity index (χ3v) is 6.45. The van der Waals surface area contributed by atoms with Gasteiger partial charge in [0, 0.05) is 11.5 Å². The summed E-state index contributed by atoms with van der Waals surface area (Å²) in [6, 6.07) is 10.9. The van der Waals surface area contributed by atoms with E-state index in [-0.39, 0.29) is 11.5 Å². The van der Waals surface area contributed by atoms with Gasteiger partial charge in [-0.1, -0.05) is 37.5 Å². The molecule has 0 radical (unpaired) electrons. The van der Waals surface area contributed by atoms with Crippen molar-refractivity contribution in [2.45, 2.75) is 57.5 Å². The maximum absolute atomic E-state index is 13.4. The van der Waals surface area contributed by atoms with Crippen LogP contribution in [0.4, 0.5) is 0 Å². The van der Waals surface area contributed by atoms with E-state index in [1.54, 1.807) is 24.4 Å². The van der Waals surface area contributed by atoms with Gasteiger partial charge in [0.05, 0.1) is 24.2 Å². The lowest BCUT2D eigenvalue weighted by Crippen LogP contribution is -2.25. The standard InChI is InChI=1S/C28H31N3O5/c1-4-10-21-15-19(16-24(35-3)25(21)36-18(2)28(33)34)17-29-31-26(20-11-6-5-7-12-20)30-23-14-9-8-13-22(23)27(31)32/h4,8-9,13-18,20H,1,5-7,10-12H2,2-3H3,(H,33,34)/t18-/m1/s1. The van der Waals surface area contributed by atoms with Crippen LogP contribution in [0.5, 0.6) is 11.5 Å². The molecule has 0 aliphatic heterocycles. The highest BCUT2D eigenvalue weighted by Gasteiger charge is 2.23. The summed E-state index contributed by atoms with van der Waals surface area (Å²) < 4.78 is 12.6. The minimum Gasteiger partial charge on any atom is -0.493 e. The number of aliphatic carboxylic acids is 1. The van der Waals surface area contributed by atoms with Crippen molar-refractivity contribution in [3.05, 3.63) is 76.4 Å². The Bertz CT molecular complexity index is 1360. The van der Waals surface area contributed by atoms with E-state index < -0.39 is 12.1 Å². The topological polar surface area (TPSA) is 103 Å². The first-order valence-electron chi connectivity index (χ1n) is 12.2. The number of fused-ring (bicyclic) bond motifs is 1. The Balaban J connectivity index is 1.80. The van der Waals surface area contributed by atoms with Gasteiger partial charge >= 0.3 is 5.97 Å². The molecule has 0 spiro atoms. The lowest BCUT2D eigenvalue weighted by atomic mass is 9.88. The number of rotatable bonds is 9. The first-order chi connectivity index (χ1) is 17.4. The highest BCUT2D eigenvalue weighted by molar-refractivity contribution is 5.82. The maximum Gasteiger partial charge on any atom is 0.344 e. The number of allylic oxidation sites excluding steroid dienone is 1. The van der Waals surface area contributed by atoms with Crippen LogP contribution in [0.25, 0.3) is 10.9 Å². The van der Waals surface area contributed by atoms with E-state index in [1.165, 1.54) is 25.1 Å².